The number of allylic oxidation sites excluding steroid dienone is 1. The van der Waals surface area contributed by atoms with Crippen LogP contribution in [0, 0.1) is 6.92 Å². The van der Waals surface area contributed by atoms with E-state index < -0.39 is 0 Å². The van der Waals surface area contributed by atoms with Gasteiger partial charge in [0.25, 0.3) is 0 Å². The largest absolute Gasteiger partial charge is 0.452 e. The zero-order valence-electron chi connectivity index (χ0n) is 18.5. The average Bonchev–Trinajstić information content (AvgIpc) is 3.34. The molecule has 0 amide bonds. The predicted octanol–water partition coefficient (Wildman–Crippen LogP) is 5.73. The Balaban J connectivity index is 1.42. The second-order valence-electron chi connectivity index (χ2n) is 8.03. The first kappa shape index (κ1) is 20.8. The molecule has 0 N–H and O–H groups in total. The number of aryl methyl sites for hydroxylation is 1. The smallest absolute Gasteiger partial charge is 0.315 e. The van der Waals surface area contributed by atoms with E-state index in [1.807, 2.05) is 54.7 Å². The fourth-order valence-corrected chi connectivity index (χ4v) is 4.19. The molecule has 3 aromatic carbocycles. The van der Waals surface area contributed by atoms with Crippen LogP contribution in [0.1, 0.15) is 34.0 Å². The number of carbonyl (C=O) groups excluding carboxylic acids is 2. The summed E-state index contributed by atoms with van der Waals surface area (Å²) in [7, 11) is 0. The van der Waals surface area contributed by atoms with E-state index in [1.54, 1.807) is 25.1 Å². The Hall–Kier alpha value is -4.12. The van der Waals surface area contributed by atoms with E-state index in [0.717, 1.165) is 28.6 Å². The Morgan fingerprint density at radius 2 is 1.79 bits per heavy atom. The molecule has 5 rings (SSSR count). The van der Waals surface area contributed by atoms with Crippen molar-refractivity contribution < 1.29 is 19.1 Å². The molecule has 0 unspecified atom stereocenters. The number of aromatic nitrogens is 1. The number of fused-ring (bicyclic) bond motifs is 2. The van der Waals surface area contributed by atoms with Gasteiger partial charge in [-0.05, 0) is 43.7 Å². The van der Waals surface area contributed by atoms with E-state index >= 15 is 0 Å². The molecule has 0 radical (unpaired) electrons. The van der Waals surface area contributed by atoms with Gasteiger partial charge < -0.3 is 14.0 Å². The molecule has 1 aliphatic heterocycles. The van der Waals surface area contributed by atoms with Crippen molar-refractivity contribution in [3.63, 3.8) is 0 Å². The molecular formula is C28H23NO4. The number of benzene rings is 3. The molecule has 1 aromatic heterocycles. The zero-order chi connectivity index (χ0) is 22.9. The number of para-hydroxylation sites is 1. The third-order valence-electron chi connectivity index (χ3n) is 5.90. The minimum atomic E-state index is -0.364. The molecule has 0 saturated heterocycles. The van der Waals surface area contributed by atoms with Crippen LogP contribution in [0.2, 0.25) is 0 Å². The molecule has 4 aromatic rings. The van der Waals surface area contributed by atoms with Gasteiger partial charge >= 0.3 is 5.97 Å². The molecule has 0 bridgehead atoms. The van der Waals surface area contributed by atoms with Crippen LogP contribution >= 0.6 is 0 Å². The van der Waals surface area contributed by atoms with Crippen LogP contribution in [0.25, 0.3) is 17.0 Å². The molecule has 0 spiro atoms. The van der Waals surface area contributed by atoms with E-state index in [0.29, 0.717) is 22.6 Å². The van der Waals surface area contributed by atoms with Crippen LogP contribution in [0.3, 0.4) is 0 Å². The molecule has 0 saturated carbocycles. The first-order valence-electron chi connectivity index (χ1n) is 11.0. The highest BCUT2D eigenvalue weighted by Gasteiger charge is 2.31. The van der Waals surface area contributed by atoms with Gasteiger partial charge in [-0.3, -0.25) is 9.59 Å². The minimum absolute atomic E-state index is 0.170. The third-order valence-corrected chi connectivity index (χ3v) is 5.90. The maximum atomic E-state index is 13.0. The number of ether oxygens (including phenoxy) is 2. The van der Waals surface area contributed by atoms with E-state index in [2.05, 4.69) is 17.6 Å². The van der Waals surface area contributed by atoms with Crippen molar-refractivity contribution in [1.29, 1.82) is 0 Å². The Labute approximate surface area is 191 Å². The molecule has 2 heterocycles. The number of Topliss-reactive ketones (excluding diaryl/α,β-unsaturated/α-hetero) is 1. The summed E-state index contributed by atoms with van der Waals surface area (Å²) < 4.78 is 13.7. The highest BCUT2D eigenvalue weighted by Crippen LogP contribution is 2.40. The molecule has 164 valence electrons. The number of nitrogens with zero attached hydrogens (tertiary/aromatic N) is 1. The summed E-state index contributed by atoms with van der Waals surface area (Å²) in [6.45, 7) is 4.71. The van der Waals surface area contributed by atoms with Crippen LogP contribution in [-0.2, 0) is 17.8 Å². The molecule has 1 aliphatic rings. The van der Waals surface area contributed by atoms with Crippen LogP contribution < -0.4 is 9.47 Å². The first-order chi connectivity index (χ1) is 16.0. The van der Waals surface area contributed by atoms with Crippen molar-refractivity contribution in [2.45, 2.75) is 26.8 Å². The molecule has 5 nitrogen and oxygen atoms in total. The Morgan fingerprint density at radius 3 is 2.58 bits per heavy atom. The number of hydrogen-bond donors (Lipinski definition) is 0. The maximum absolute atomic E-state index is 13.0. The molecule has 33 heavy (non-hydrogen) atoms. The van der Waals surface area contributed by atoms with Crippen LogP contribution in [0.4, 0.5) is 0 Å². The summed E-state index contributed by atoms with van der Waals surface area (Å²) in [4.78, 5) is 25.4. The van der Waals surface area contributed by atoms with E-state index in [9.17, 15) is 9.59 Å². The Bertz CT molecular complexity index is 1410. The van der Waals surface area contributed by atoms with Gasteiger partial charge in [-0.2, -0.15) is 0 Å². The van der Waals surface area contributed by atoms with Crippen molar-refractivity contribution in [2.24, 2.45) is 0 Å². The molecule has 0 atom stereocenters. The summed E-state index contributed by atoms with van der Waals surface area (Å²) in [6, 6.07) is 20.8. The first-order valence-corrected chi connectivity index (χ1v) is 11.0. The SMILES string of the molecule is CCn1cc(/C=C2\Oc3c(ccc(OC(=O)Cc4ccccc4)c3C)C2=O)c2ccccc21. The Kier molecular flexibility index (Phi) is 5.31. The van der Waals surface area contributed by atoms with Crippen molar-refractivity contribution in [1.82, 2.24) is 4.57 Å². The summed E-state index contributed by atoms with van der Waals surface area (Å²) in [5.74, 6) is 0.557. The van der Waals surface area contributed by atoms with Crippen LogP contribution in [0.5, 0.6) is 11.5 Å². The number of rotatable bonds is 5. The minimum Gasteiger partial charge on any atom is -0.452 e. The quantitative estimate of drug-likeness (QED) is 0.227. The standard InChI is InChI=1S/C28H23NO4/c1-3-29-17-20(21-11-7-8-12-23(21)29)16-25-27(31)22-13-14-24(18(2)28(22)33-25)32-26(30)15-19-9-5-4-6-10-19/h4-14,16-17H,3,15H2,1-2H3/b25-16-. The van der Waals surface area contributed by atoms with E-state index in [-0.39, 0.29) is 23.9 Å². The van der Waals surface area contributed by atoms with Gasteiger partial charge in [0.15, 0.2) is 5.76 Å². The van der Waals surface area contributed by atoms with Gasteiger partial charge in [-0.25, -0.2) is 0 Å². The summed E-state index contributed by atoms with van der Waals surface area (Å²) >= 11 is 0. The molecule has 0 fully saturated rings. The zero-order valence-corrected chi connectivity index (χ0v) is 18.5. The molecular weight excluding hydrogens is 414 g/mol. The second-order valence-corrected chi connectivity index (χ2v) is 8.03. The topological polar surface area (TPSA) is 57.5 Å². The van der Waals surface area contributed by atoms with E-state index in [1.165, 1.54) is 0 Å². The van der Waals surface area contributed by atoms with Gasteiger partial charge in [0.2, 0.25) is 5.78 Å². The molecule has 5 heteroatoms. The second kappa shape index (κ2) is 8.43. The fraction of sp³-hybridized carbons (Fsp3) is 0.143. The lowest BCUT2D eigenvalue weighted by Crippen LogP contribution is -2.12. The summed E-state index contributed by atoms with van der Waals surface area (Å²) in [5, 5.41) is 1.06. The third kappa shape index (κ3) is 3.82. The average molecular weight is 437 g/mol. The number of esters is 1. The summed E-state index contributed by atoms with van der Waals surface area (Å²) in [6.07, 6.45) is 3.99. The fourth-order valence-electron chi connectivity index (χ4n) is 4.19. The molecule has 0 aliphatic carbocycles. The highest BCUT2D eigenvalue weighted by molar-refractivity contribution is 6.15. The van der Waals surface area contributed by atoms with Gasteiger partial charge in [0, 0.05) is 34.8 Å². The van der Waals surface area contributed by atoms with Gasteiger partial charge in [-0.15, -0.1) is 0 Å². The van der Waals surface area contributed by atoms with Gasteiger partial charge in [-0.1, -0.05) is 48.5 Å². The van der Waals surface area contributed by atoms with Crippen LogP contribution in [0.15, 0.2) is 78.7 Å². The van der Waals surface area contributed by atoms with Crippen LogP contribution in [-0.4, -0.2) is 16.3 Å². The lowest BCUT2D eigenvalue weighted by atomic mass is 10.1. The highest BCUT2D eigenvalue weighted by atomic mass is 16.5. The number of hydrogen-bond acceptors (Lipinski definition) is 4. The van der Waals surface area contributed by atoms with Crippen molar-refractivity contribution in [3.8, 4) is 11.5 Å². The predicted molar refractivity (Wildman–Crippen MR) is 128 cm³/mol. The van der Waals surface area contributed by atoms with Crippen molar-refractivity contribution >= 4 is 28.7 Å². The lowest BCUT2D eigenvalue weighted by molar-refractivity contribution is -0.133. The summed E-state index contributed by atoms with van der Waals surface area (Å²) in [5.41, 5.74) is 4.01. The van der Waals surface area contributed by atoms with E-state index in [4.69, 9.17) is 9.47 Å². The number of carbonyl (C=O) groups is 2. The van der Waals surface area contributed by atoms with Crippen molar-refractivity contribution in [2.75, 3.05) is 0 Å². The monoisotopic (exact) mass is 437 g/mol. The van der Waals surface area contributed by atoms with Crippen molar-refractivity contribution in [3.05, 3.63) is 101 Å². The van der Waals surface area contributed by atoms with Gasteiger partial charge in [0.05, 0.1) is 12.0 Å². The normalized spacial score (nSPS) is 13.9. The number of ketones is 1. The maximum Gasteiger partial charge on any atom is 0.315 e. The lowest BCUT2D eigenvalue weighted by Gasteiger charge is -2.10. The Morgan fingerprint density at radius 1 is 1.03 bits per heavy atom. The van der Waals surface area contributed by atoms with Gasteiger partial charge in [0.1, 0.15) is 11.5 Å².